The molecule has 7 heteroatoms. The lowest BCUT2D eigenvalue weighted by molar-refractivity contribution is -0.385. The fourth-order valence-corrected chi connectivity index (χ4v) is 1.32. The van der Waals surface area contributed by atoms with Gasteiger partial charge < -0.3 is 5.11 Å². The van der Waals surface area contributed by atoms with Crippen molar-refractivity contribution in [1.82, 2.24) is 4.98 Å². The molecule has 1 aromatic heterocycles. The molecule has 0 atom stereocenters. The van der Waals surface area contributed by atoms with Crippen molar-refractivity contribution in [2.45, 2.75) is 0 Å². The van der Waals surface area contributed by atoms with Gasteiger partial charge in [-0.1, -0.05) is 12.1 Å². The fraction of sp³-hybridized carbons (Fsp3) is 0. The number of hydrazone groups is 1. The van der Waals surface area contributed by atoms with Crippen LogP contribution in [-0.4, -0.2) is 21.2 Å². The summed E-state index contributed by atoms with van der Waals surface area (Å²) in [4.78, 5) is 13.7. The normalized spacial score (nSPS) is 10.5. The van der Waals surface area contributed by atoms with Gasteiger partial charge in [-0.15, -0.1) is 0 Å². The molecular formula is C12H10N4O3. The number of rotatable bonds is 4. The van der Waals surface area contributed by atoms with Crippen molar-refractivity contribution in [2.24, 2.45) is 5.10 Å². The van der Waals surface area contributed by atoms with Gasteiger partial charge in [-0.3, -0.25) is 15.5 Å². The first-order valence-corrected chi connectivity index (χ1v) is 5.34. The van der Waals surface area contributed by atoms with E-state index < -0.39 is 4.92 Å². The Labute approximate surface area is 108 Å². The van der Waals surface area contributed by atoms with E-state index in [1.807, 2.05) is 0 Å². The summed E-state index contributed by atoms with van der Waals surface area (Å²) in [5.74, 6) is 0.488. The molecule has 2 rings (SSSR count). The monoisotopic (exact) mass is 258 g/mol. The molecule has 0 unspecified atom stereocenters. The predicted octanol–water partition coefficient (Wildman–Crippen LogP) is 2.14. The number of phenolic OH excluding ortho intramolecular Hbond substituents is 1. The van der Waals surface area contributed by atoms with Crippen molar-refractivity contribution in [1.29, 1.82) is 0 Å². The molecule has 19 heavy (non-hydrogen) atoms. The fourth-order valence-electron chi connectivity index (χ4n) is 1.32. The number of aromatic hydroxyl groups is 1. The van der Waals surface area contributed by atoms with Crippen molar-refractivity contribution < 1.29 is 10.0 Å². The topological polar surface area (TPSA) is 101 Å². The summed E-state index contributed by atoms with van der Waals surface area (Å²) in [6.07, 6.45) is 2.57. The van der Waals surface area contributed by atoms with E-state index >= 15 is 0 Å². The Bertz CT molecular complexity index is 611. The van der Waals surface area contributed by atoms with E-state index in [4.69, 9.17) is 0 Å². The first kappa shape index (κ1) is 12.5. The quantitative estimate of drug-likeness (QED) is 0.497. The first-order valence-electron chi connectivity index (χ1n) is 5.34. The van der Waals surface area contributed by atoms with Gasteiger partial charge in [0.1, 0.15) is 17.8 Å². The minimum Gasteiger partial charge on any atom is -0.507 e. The maximum absolute atomic E-state index is 10.4. The first-order chi connectivity index (χ1) is 9.16. The molecule has 7 nitrogen and oxygen atoms in total. The third-order valence-electron chi connectivity index (χ3n) is 2.28. The molecule has 0 spiro atoms. The van der Waals surface area contributed by atoms with Crippen LogP contribution in [0.3, 0.4) is 0 Å². The highest BCUT2D eigenvalue weighted by Crippen LogP contribution is 2.14. The van der Waals surface area contributed by atoms with Crippen LogP contribution in [0.2, 0.25) is 0 Å². The van der Waals surface area contributed by atoms with Gasteiger partial charge in [0.2, 0.25) is 0 Å². The van der Waals surface area contributed by atoms with Gasteiger partial charge in [0.05, 0.1) is 11.1 Å². The molecule has 0 radical (unpaired) electrons. The Balaban J connectivity index is 2.03. The van der Waals surface area contributed by atoms with E-state index in [9.17, 15) is 15.2 Å². The summed E-state index contributed by atoms with van der Waals surface area (Å²) < 4.78 is 0. The average Bonchev–Trinajstić information content (AvgIpc) is 2.41. The Morgan fingerprint density at radius 2 is 2.11 bits per heavy atom. The second kappa shape index (κ2) is 5.58. The molecule has 0 aliphatic rings. The van der Waals surface area contributed by atoms with Crippen LogP contribution in [0.25, 0.3) is 0 Å². The zero-order valence-electron chi connectivity index (χ0n) is 9.72. The van der Waals surface area contributed by atoms with E-state index in [1.54, 1.807) is 24.3 Å². The average molecular weight is 258 g/mol. The van der Waals surface area contributed by atoms with Gasteiger partial charge in [-0.25, -0.2) is 4.98 Å². The van der Waals surface area contributed by atoms with Gasteiger partial charge >= 0.3 is 0 Å². The Morgan fingerprint density at radius 1 is 1.32 bits per heavy atom. The molecule has 0 bridgehead atoms. The minimum atomic E-state index is -0.526. The second-order valence-electron chi connectivity index (χ2n) is 3.59. The molecule has 96 valence electrons. The van der Waals surface area contributed by atoms with E-state index in [0.29, 0.717) is 11.4 Å². The van der Waals surface area contributed by atoms with E-state index in [2.05, 4.69) is 15.5 Å². The van der Waals surface area contributed by atoms with Gasteiger partial charge in [0.25, 0.3) is 5.69 Å². The number of pyridine rings is 1. The van der Waals surface area contributed by atoms with Crippen molar-refractivity contribution in [3.05, 3.63) is 58.3 Å². The molecule has 1 heterocycles. The molecular weight excluding hydrogens is 248 g/mol. The smallest absolute Gasteiger partial charge is 0.287 e. The largest absolute Gasteiger partial charge is 0.507 e. The number of anilines is 1. The van der Waals surface area contributed by atoms with Crippen LogP contribution in [0.15, 0.2) is 47.7 Å². The molecule has 1 aromatic carbocycles. The number of nitrogens with zero attached hydrogens (tertiary/aromatic N) is 3. The van der Waals surface area contributed by atoms with Crippen LogP contribution >= 0.6 is 0 Å². The molecule has 2 aromatic rings. The Hall–Kier alpha value is -2.96. The highest BCUT2D eigenvalue weighted by Gasteiger charge is 2.04. The number of hydrogen-bond acceptors (Lipinski definition) is 6. The third kappa shape index (κ3) is 3.25. The zero-order chi connectivity index (χ0) is 13.7. The van der Waals surface area contributed by atoms with E-state index in [-0.39, 0.29) is 11.4 Å². The standard InChI is InChI=1S/C12H10N4O3/c17-11-4-2-1-3-9(11)7-14-15-12-6-5-10(8-13-12)16(18)19/h1-8,17H,(H,13,15). The number of aromatic nitrogens is 1. The van der Waals surface area contributed by atoms with E-state index in [1.165, 1.54) is 18.3 Å². The SMILES string of the molecule is O=[N+]([O-])c1ccc(NN=Cc2ccccc2O)nc1. The number of phenols is 1. The van der Waals surface area contributed by atoms with E-state index in [0.717, 1.165) is 6.20 Å². The van der Waals surface area contributed by atoms with Crippen LogP contribution < -0.4 is 5.43 Å². The Morgan fingerprint density at radius 3 is 2.74 bits per heavy atom. The lowest BCUT2D eigenvalue weighted by Gasteiger charge is -1.99. The number of nitro groups is 1. The van der Waals surface area contributed by atoms with Gasteiger partial charge in [0, 0.05) is 11.6 Å². The van der Waals surface area contributed by atoms with Crippen LogP contribution in [0.4, 0.5) is 11.5 Å². The third-order valence-corrected chi connectivity index (χ3v) is 2.28. The Kier molecular flexibility index (Phi) is 3.67. The maximum atomic E-state index is 10.4. The lowest BCUT2D eigenvalue weighted by atomic mass is 10.2. The zero-order valence-corrected chi connectivity index (χ0v) is 9.72. The number of benzene rings is 1. The van der Waals surface area contributed by atoms with Crippen LogP contribution in [-0.2, 0) is 0 Å². The maximum Gasteiger partial charge on any atom is 0.287 e. The van der Waals surface area contributed by atoms with Crippen LogP contribution in [0, 0.1) is 10.1 Å². The van der Waals surface area contributed by atoms with Gasteiger partial charge in [0.15, 0.2) is 0 Å². The summed E-state index contributed by atoms with van der Waals surface area (Å²) in [5, 5.41) is 23.8. The second-order valence-corrected chi connectivity index (χ2v) is 3.59. The molecule has 0 amide bonds. The lowest BCUT2D eigenvalue weighted by Crippen LogP contribution is -1.95. The molecule has 2 N–H and O–H groups in total. The van der Waals surface area contributed by atoms with Gasteiger partial charge in [-0.2, -0.15) is 5.10 Å². The highest BCUT2D eigenvalue weighted by atomic mass is 16.6. The summed E-state index contributed by atoms with van der Waals surface area (Å²) in [6.45, 7) is 0. The number of nitrogens with one attached hydrogen (secondary N) is 1. The predicted molar refractivity (Wildman–Crippen MR) is 70.2 cm³/mol. The summed E-state index contributed by atoms with van der Waals surface area (Å²) >= 11 is 0. The van der Waals surface area contributed by atoms with Crippen LogP contribution in [0.1, 0.15) is 5.56 Å². The van der Waals surface area contributed by atoms with Crippen molar-refractivity contribution in [3.8, 4) is 5.75 Å². The summed E-state index contributed by atoms with van der Waals surface area (Å²) in [7, 11) is 0. The molecule has 0 aliphatic carbocycles. The van der Waals surface area contributed by atoms with Crippen molar-refractivity contribution in [3.63, 3.8) is 0 Å². The number of hydrogen-bond donors (Lipinski definition) is 2. The van der Waals surface area contributed by atoms with Crippen LogP contribution in [0.5, 0.6) is 5.75 Å². The molecule has 0 aliphatic heterocycles. The van der Waals surface area contributed by atoms with Crippen molar-refractivity contribution >= 4 is 17.7 Å². The van der Waals surface area contributed by atoms with Crippen molar-refractivity contribution in [2.75, 3.05) is 5.43 Å². The highest BCUT2D eigenvalue weighted by molar-refractivity contribution is 5.83. The summed E-state index contributed by atoms with van der Waals surface area (Å²) in [5.41, 5.74) is 3.08. The summed E-state index contributed by atoms with van der Waals surface area (Å²) in [6, 6.07) is 9.49. The molecule has 0 saturated heterocycles. The molecule has 0 saturated carbocycles. The van der Waals surface area contributed by atoms with Gasteiger partial charge in [-0.05, 0) is 18.2 Å². The minimum absolute atomic E-state index is 0.0877. The molecule has 0 fully saturated rings. The number of para-hydroxylation sites is 1.